The number of anilines is 1. The first-order valence-corrected chi connectivity index (χ1v) is 11.5. The summed E-state index contributed by atoms with van der Waals surface area (Å²) >= 11 is 3.52. The van der Waals surface area contributed by atoms with E-state index in [1.54, 1.807) is 24.3 Å². The second kappa shape index (κ2) is 11.3. The number of ether oxygens (including phenoxy) is 1. The molecule has 7 heteroatoms. The highest BCUT2D eigenvalue weighted by Gasteiger charge is 2.20. The number of nitrogens with zero attached hydrogens (tertiary/aromatic N) is 2. The summed E-state index contributed by atoms with van der Waals surface area (Å²) in [4.78, 5) is 28.9. The molecular formula is C24H30BrN3O3. The van der Waals surface area contributed by atoms with Crippen molar-refractivity contribution in [3.63, 3.8) is 0 Å². The summed E-state index contributed by atoms with van der Waals surface area (Å²) < 4.78 is 6.70. The van der Waals surface area contributed by atoms with Gasteiger partial charge in [0.05, 0.1) is 11.1 Å². The van der Waals surface area contributed by atoms with Crippen molar-refractivity contribution in [3.8, 4) is 5.75 Å². The number of halogens is 1. The number of amides is 2. The van der Waals surface area contributed by atoms with Gasteiger partial charge in [-0.3, -0.25) is 9.59 Å². The van der Waals surface area contributed by atoms with Crippen molar-refractivity contribution in [1.29, 1.82) is 0 Å². The Labute approximate surface area is 192 Å². The summed E-state index contributed by atoms with van der Waals surface area (Å²) in [6.45, 7) is 5.86. The molecule has 6 nitrogen and oxygen atoms in total. The molecule has 3 rings (SSSR count). The Balaban J connectivity index is 1.41. The largest absolute Gasteiger partial charge is 0.492 e. The first-order valence-electron chi connectivity index (χ1n) is 10.7. The van der Waals surface area contributed by atoms with Gasteiger partial charge in [-0.15, -0.1) is 0 Å². The number of piperazine rings is 1. The summed E-state index contributed by atoms with van der Waals surface area (Å²) in [6, 6.07) is 13.2. The highest BCUT2D eigenvalue weighted by molar-refractivity contribution is 9.10. The summed E-state index contributed by atoms with van der Waals surface area (Å²) in [6.07, 6.45) is 1.96. The molecule has 0 radical (unpaired) electrons. The van der Waals surface area contributed by atoms with Gasteiger partial charge in [0.2, 0.25) is 5.91 Å². The molecule has 0 spiro atoms. The minimum Gasteiger partial charge on any atom is -0.492 e. The van der Waals surface area contributed by atoms with Crippen LogP contribution in [0.15, 0.2) is 46.9 Å². The summed E-state index contributed by atoms with van der Waals surface area (Å²) in [5, 5.41) is 2.88. The summed E-state index contributed by atoms with van der Waals surface area (Å²) in [5.74, 6) is 0.765. The smallest absolute Gasteiger partial charge is 0.253 e. The van der Waals surface area contributed by atoms with E-state index in [9.17, 15) is 9.59 Å². The lowest BCUT2D eigenvalue weighted by Gasteiger charge is -2.32. The van der Waals surface area contributed by atoms with Crippen molar-refractivity contribution in [3.05, 3.63) is 58.1 Å². The van der Waals surface area contributed by atoms with Gasteiger partial charge in [0, 0.05) is 43.9 Å². The number of likely N-dealkylation sites (N-methyl/N-ethyl adjacent to an activating group) is 1. The molecule has 0 atom stereocenters. The van der Waals surface area contributed by atoms with E-state index in [0.29, 0.717) is 30.7 Å². The fraction of sp³-hybridized carbons (Fsp3) is 0.417. The molecule has 166 valence electrons. The van der Waals surface area contributed by atoms with Gasteiger partial charge >= 0.3 is 0 Å². The van der Waals surface area contributed by atoms with E-state index in [0.717, 1.165) is 42.8 Å². The Morgan fingerprint density at radius 3 is 2.42 bits per heavy atom. The van der Waals surface area contributed by atoms with Crippen molar-refractivity contribution in [2.75, 3.05) is 45.2 Å². The molecule has 1 aliphatic heterocycles. The van der Waals surface area contributed by atoms with Crippen molar-refractivity contribution in [2.45, 2.75) is 26.2 Å². The van der Waals surface area contributed by atoms with Crippen molar-refractivity contribution in [2.24, 2.45) is 0 Å². The average molecular weight is 488 g/mol. The Hall–Kier alpha value is -2.38. The maximum atomic E-state index is 12.6. The van der Waals surface area contributed by atoms with Crippen LogP contribution in [0.1, 0.15) is 35.7 Å². The molecule has 2 aromatic rings. The van der Waals surface area contributed by atoms with E-state index in [2.05, 4.69) is 46.2 Å². The lowest BCUT2D eigenvalue weighted by molar-refractivity contribution is -0.116. The van der Waals surface area contributed by atoms with Gasteiger partial charge in [-0.25, -0.2) is 0 Å². The van der Waals surface area contributed by atoms with Crippen LogP contribution in [0, 0.1) is 0 Å². The molecule has 0 aromatic heterocycles. The quantitative estimate of drug-likeness (QED) is 0.566. The van der Waals surface area contributed by atoms with E-state index in [1.165, 1.54) is 5.56 Å². The standard InChI is InChI=1S/C24H30BrN3O3/c1-3-18-6-11-22(21(25)17-18)31-16-4-5-23(29)26-20-9-7-19(8-10-20)24(30)28-14-12-27(2)13-15-28/h6-11,17H,3-5,12-16H2,1-2H3,(H,26,29). The first-order chi connectivity index (χ1) is 15.0. The van der Waals surface area contributed by atoms with Crippen LogP contribution in [-0.4, -0.2) is 61.4 Å². The molecular weight excluding hydrogens is 458 g/mol. The number of hydrogen-bond acceptors (Lipinski definition) is 4. The number of carbonyl (C=O) groups excluding carboxylic acids is 2. The molecule has 31 heavy (non-hydrogen) atoms. The fourth-order valence-electron chi connectivity index (χ4n) is 3.41. The number of benzene rings is 2. The van der Waals surface area contributed by atoms with Crippen LogP contribution < -0.4 is 10.1 Å². The predicted molar refractivity (Wildman–Crippen MR) is 127 cm³/mol. The van der Waals surface area contributed by atoms with Crippen LogP contribution in [0.2, 0.25) is 0 Å². The molecule has 1 N–H and O–H groups in total. The summed E-state index contributed by atoms with van der Waals surface area (Å²) in [7, 11) is 2.06. The lowest BCUT2D eigenvalue weighted by atomic mass is 10.1. The number of hydrogen-bond donors (Lipinski definition) is 1. The minimum absolute atomic E-state index is 0.0428. The Morgan fingerprint density at radius 2 is 1.77 bits per heavy atom. The normalized spacial score (nSPS) is 14.4. The van der Waals surface area contributed by atoms with Gasteiger partial charge in [0.1, 0.15) is 5.75 Å². The zero-order chi connectivity index (χ0) is 22.2. The van der Waals surface area contributed by atoms with E-state index in [-0.39, 0.29) is 11.8 Å². The first kappa shape index (κ1) is 23.3. The van der Waals surface area contributed by atoms with Crippen molar-refractivity contribution < 1.29 is 14.3 Å². The highest BCUT2D eigenvalue weighted by atomic mass is 79.9. The second-order valence-corrected chi connectivity index (χ2v) is 8.65. The molecule has 1 aliphatic rings. The van der Waals surface area contributed by atoms with Gasteiger partial charge in [-0.1, -0.05) is 13.0 Å². The Morgan fingerprint density at radius 1 is 1.06 bits per heavy atom. The Kier molecular flexibility index (Phi) is 8.49. The van der Waals surface area contributed by atoms with Gasteiger partial charge < -0.3 is 19.9 Å². The van der Waals surface area contributed by atoms with E-state index in [1.807, 2.05) is 17.0 Å². The summed E-state index contributed by atoms with van der Waals surface area (Å²) in [5.41, 5.74) is 2.59. The van der Waals surface area contributed by atoms with Crippen molar-refractivity contribution >= 4 is 33.4 Å². The van der Waals surface area contributed by atoms with Gasteiger partial charge in [0.25, 0.3) is 5.91 Å². The highest BCUT2D eigenvalue weighted by Crippen LogP contribution is 2.26. The third-order valence-electron chi connectivity index (χ3n) is 5.42. The molecule has 0 saturated carbocycles. The third-order valence-corrected chi connectivity index (χ3v) is 6.04. The number of nitrogens with one attached hydrogen (secondary N) is 1. The minimum atomic E-state index is -0.0675. The van der Waals surface area contributed by atoms with Crippen LogP contribution >= 0.6 is 15.9 Å². The number of rotatable bonds is 8. The van der Waals surface area contributed by atoms with Crippen LogP contribution in [0.25, 0.3) is 0 Å². The van der Waals surface area contributed by atoms with Crippen molar-refractivity contribution in [1.82, 2.24) is 9.80 Å². The molecule has 0 bridgehead atoms. The van der Waals surface area contributed by atoms with Crippen LogP contribution in [0.5, 0.6) is 5.75 Å². The molecule has 1 heterocycles. The van der Waals surface area contributed by atoms with E-state index in [4.69, 9.17) is 4.74 Å². The molecule has 0 unspecified atom stereocenters. The average Bonchev–Trinajstić information content (AvgIpc) is 2.78. The monoisotopic (exact) mass is 487 g/mol. The van der Waals surface area contributed by atoms with Crippen LogP contribution in [-0.2, 0) is 11.2 Å². The second-order valence-electron chi connectivity index (χ2n) is 7.79. The molecule has 2 amide bonds. The maximum Gasteiger partial charge on any atom is 0.253 e. The van der Waals surface area contributed by atoms with E-state index >= 15 is 0 Å². The SMILES string of the molecule is CCc1ccc(OCCCC(=O)Nc2ccc(C(=O)N3CCN(C)CC3)cc2)c(Br)c1. The number of carbonyl (C=O) groups is 2. The molecule has 1 saturated heterocycles. The Bertz CT molecular complexity index is 893. The van der Waals surface area contributed by atoms with E-state index < -0.39 is 0 Å². The maximum absolute atomic E-state index is 12.6. The van der Waals surface area contributed by atoms with Gasteiger partial charge in [0.15, 0.2) is 0 Å². The topological polar surface area (TPSA) is 61.9 Å². The molecule has 2 aromatic carbocycles. The lowest BCUT2D eigenvalue weighted by Crippen LogP contribution is -2.47. The van der Waals surface area contributed by atoms with Gasteiger partial charge in [-0.2, -0.15) is 0 Å². The molecule has 0 aliphatic carbocycles. The van der Waals surface area contributed by atoms with Crippen LogP contribution in [0.3, 0.4) is 0 Å². The number of aryl methyl sites for hydroxylation is 1. The zero-order valence-corrected chi connectivity index (χ0v) is 19.8. The predicted octanol–water partition coefficient (Wildman–Crippen LogP) is 4.20. The third kappa shape index (κ3) is 6.80. The van der Waals surface area contributed by atoms with Crippen LogP contribution in [0.4, 0.5) is 5.69 Å². The fourth-order valence-corrected chi connectivity index (χ4v) is 3.95. The molecule has 1 fully saturated rings. The zero-order valence-electron chi connectivity index (χ0n) is 18.2. The van der Waals surface area contributed by atoms with Gasteiger partial charge in [-0.05, 0) is 77.8 Å².